The van der Waals surface area contributed by atoms with Crippen LogP contribution in [0.4, 0.5) is 13.2 Å². The molecule has 0 radical (unpaired) electrons. The lowest BCUT2D eigenvalue weighted by Crippen LogP contribution is -2.40. The predicted octanol–water partition coefficient (Wildman–Crippen LogP) is 1.89. The number of rotatable bonds is 2. The van der Waals surface area contributed by atoms with Crippen molar-refractivity contribution in [2.24, 2.45) is 0 Å². The molecule has 3 nitrogen and oxygen atoms in total. The minimum atomic E-state index is -3.63. The summed E-state index contributed by atoms with van der Waals surface area (Å²) in [7, 11) is -3.63. The predicted molar refractivity (Wildman–Crippen MR) is 62.7 cm³/mol. The number of benzene rings is 1. The van der Waals surface area contributed by atoms with Crippen molar-refractivity contribution in [3.63, 3.8) is 0 Å². The Balaban J connectivity index is 2.60. The van der Waals surface area contributed by atoms with Crippen LogP contribution in [-0.2, 0) is 15.4 Å². The number of hydrogen-bond acceptors (Lipinski definition) is 3. The Morgan fingerprint density at radius 1 is 1.26 bits per heavy atom. The van der Waals surface area contributed by atoms with Crippen LogP contribution in [0.25, 0.3) is 0 Å². The van der Waals surface area contributed by atoms with Crippen molar-refractivity contribution in [3.8, 4) is 0 Å². The SMILES string of the molecule is CS(=O)(=O)C1CCCC1(O)c1ccc(F)c(F)c1F. The highest BCUT2D eigenvalue weighted by Crippen LogP contribution is 2.43. The molecule has 1 aliphatic rings. The fraction of sp³-hybridized carbons (Fsp3) is 0.500. The summed E-state index contributed by atoms with van der Waals surface area (Å²) < 4.78 is 63.1. The topological polar surface area (TPSA) is 54.4 Å². The molecule has 19 heavy (non-hydrogen) atoms. The molecule has 7 heteroatoms. The second-order valence-electron chi connectivity index (χ2n) is 4.86. The molecule has 1 fully saturated rings. The van der Waals surface area contributed by atoms with Crippen LogP contribution in [-0.4, -0.2) is 25.0 Å². The summed E-state index contributed by atoms with van der Waals surface area (Å²) in [6, 6.07) is 1.58. The molecule has 1 aromatic carbocycles. The van der Waals surface area contributed by atoms with E-state index >= 15 is 0 Å². The summed E-state index contributed by atoms with van der Waals surface area (Å²) in [4.78, 5) is 0. The van der Waals surface area contributed by atoms with Gasteiger partial charge < -0.3 is 5.11 Å². The average molecular weight is 294 g/mol. The van der Waals surface area contributed by atoms with Crippen LogP contribution in [0.1, 0.15) is 24.8 Å². The second-order valence-corrected chi connectivity index (χ2v) is 7.09. The Morgan fingerprint density at radius 2 is 1.89 bits per heavy atom. The van der Waals surface area contributed by atoms with Crippen LogP contribution in [0.5, 0.6) is 0 Å². The van der Waals surface area contributed by atoms with Crippen molar-refractivity contribution in [2.75, 3.05) is 6.26 Å². The van der Waals surface area contributed by atoms with E-state index in [0.717, 1.165) is 12.3 Å². The van der Waals surface area contributed by atoms with Crippen molar-refractivity contribution in [3.05, 3.63) is 35.1 Å². The lowest BCUT2D eigenvalue weighted by Gasteiger charge is -2.29. The molecule has 106 valence electrons. The van der Waals surface area contributed by atoms with E-state index in [-0.39, 0.29) is 12.8 Å². The molecule has 1 aliphatic carbocycles. The number of hydrogen-bond donors (Lipinski definition) is 1. The Hall–Kier alpha value is -1.08. The summed E-state index contributed by atoms with van der Waals surface area (Å²) in [5.74, 6) is -4.61. The number of sulfone groups is 1. The molecule has 2 unspecified atom stereocenters. The van der Waals surface area contributed by atoms with Crippen LogP contribution in [0, 0.1) is 17.5 Å². The van der Waals surface area contributed by atoms with Crippen LogP contribution >= 0.6 is 0 Å². The van der Waals surface area contributed by atoms with Crippen molar-refractivity contribution in [1.82, 2.24) is 0 Å². The number of halogens is 3. The summed E-state index contributed by atoms with van der Waals surface area (Å²) in [5, 5.41) is 9.24. The minimum absolute atomic E-state index is 0.00721. The third-order valence-electron chi connectivity index (χ3n) is 3.58. The maximum Gasteiger partial charge on any atom is 0.194 e. The molecule has 0 aliphatic heterocycles. The fourth-order valence-electron chi connectivity index (χ4n) is 2.69. The average Bonchev–Trinajstić information content (AvgIpc) is 2.69. The first-order chi connectivity index (χ1) is 8.68. The van der Waals surface area contributed by atoms with E-state index in [1.807, 2.05) is 0 Å². The molecular weight excluding hydrogens is 281 g/mol. The molecule has 0 heterocycles. The van der Waals surface area contributed by atoms with E-state index in [1.165, 1.54) is 0 Å². The third kappa shape index (κ3) is 2.25. The van der Waals surface area contributed by atoms with Crippen LogP contribution in [0.15, 0.2) is 12.1 Å². The highest BCUT2D eigenvalue weighted by atomic mass is 32.2. The molecule has 0 spiro atoms. The van der Waals surface area contributed by atoms with Gasteiger partial charge in [0.15, 0.2) is 27.3 Å². The Bertz CT molecular complexity index is 615. The van der Waals surface area contributed by atoms with E-state index in [2.05, 4.69) is 0 Å². The van der Waals surface area contributed by atoms with Crippen LogP contribution < -0.4 is 0 Å². The van der Waals surface area contributed by atoms with Gasteiger partial charge in [0.05, 0.1) is 5.25 Å². The highest BCUT2D eigenvalue weighted by molar-refractivity contribution is 7.91. The van der Waals surface area contributed by atoms with E-state index in [1.54, 1.807) is 0 Å². The molecule has 1 saturated carbocycles. The smallest absolute Gasteiger partial charge is 0.194 e. The van der Waals surface area contributed by atoms with Gasteiger partial charge in [-0.3, -0.25) is 0 Å². The zero-order chi connectivity index (χ0) is 14.4. The van der Waals surface area contributed by atoms with E-state index in [4.69, 9.17) is 0 Å². The highest BCUT2D eigenvalue weighted by Gasteiger charge is 2.49. The van der Waals surface area contributed by atoms with E-state index in [9.17, 15) is 26.7 Å². The first kappa shape index (κ1) is 14.3. The summed E-state index contributed by atoms with van der Waals surface area (Å²) in [5.41, 5.74) is -2.51. The molecule has 2 rings (SSSR count). The van der Waals surface area contributed by atoms with Crippen molar-refractivity contribution in [2.45, 2.75) is 30.1 Å². The lowest BCUT2D eigenvalue weighted by molar-refractivity contribution is 0.0430. The maximum atomic E-state index is 13.8. The quantitative estimate of drug-likeness (QED) is 0.847. The van der Waals surface area contributed by atoms with Gasteiger partial charge in [0.25, 0.3) is 0 Å². The standard InChI is InChI=1S/C12H13F3O3S/c1-19(17,18)9-3-2-6-12(9,16)7-4-5-8(13)11(15)10(7)14/h4-5,9,16H,2-3,6H2,1H3. The largest absolute Gasteiger partial charge is 0.384 e. The fourth-order valence-corrected chi connectivity index (χ4v) is 4.24. The monoisotopic (exact) mass is 294 g/mol. The Morgan fingerprint density at radius 3 is 2.47 bits per heavy atom. The van der Waals surface area contributed by atoms with E-state index < -0.39 is 43.7 Å². The zero-order valence-corrected chi connectivity index (χ0v) is 11.0. The van der Waals surface area contributed by atoms with Crippen LogP contribution in [0.3, 0.4) is 0 Å². The maximum absolute atomic E-state index is 13.8. The van der Waals surface area contributed by atoms with Gasteiger partial charge >= 0.3 is 0 Å². The van der Waals surface area contributed by atoms with Gasteiger partial charge in [-0.25, -0.2) is 21.6 Å². The molecule has 2 atom stereocenters. The van der Waals surface area contributed by atoms with Crippen LogP contribution in [0.2, 0.25) is 0 Å². The molecule has 0 bridgehead atoms. The van der Waals surface area contributed by atoms with Gasteiger partial charge in [0.2, 0.25) is 0 Å². The van der Waals surface area contributed by atoms with Crippen molar-refractivity contribution >= 4 is 9.84 Å². The molecule has 1 aromatic rings. The van der Waals surface area contributed by atoms with Gasteiger partial charge in [-0.15, -0.1) is 0 Å². The molecule has 0 saturated heterocycles. The molecule has 1 N–H and O–H groups in total. The Kier molecular flexibility index (Phi) is 3.38. The van der Waals surface area contributed by atoms with Gasteiger partial charge in [-0.05, 0) is 25.3 Å². The van der Waals surface area contributed by atoms with E-state index in [0.29, 0.717) is 12.5 Å². The first-order valence-corrected chi connectivity index (χ1v) is 7.68. The lowest BCUT2D eigenvalue weighted by atomic mass is 9.91. The van der Waals surface area contributed by atoms with Gasteiger partial charge in [-0.1, -0.05) is 6.07 Å². The molecule has 0 aromatic heterocycles. The van der Waals surface area contributed by atoms with Crippen molar-refractivity contribution < 1.29 is 26.7 Å². The third-order valence-corrected chi connectivity index (χ3v) is 5.23. The minimum Gasteiger partial charge on any atom is -0.384 e. The molecular formula is C12H13F3O3S. The van der Waals surface area contributed by atoms with Gasteiger partial charge in [0.1, 0.15) is 5.60 Å². The Labute approximate surface area is 109 Å². The summed E-state index contributed by atoms with van der Waals surface area (Å²) in [6.45, 7) is 0. The zero-order valence-electron chi connectivity index (χ0n) is 10.2. The summed E-state index contributed by atoms with van der Waals surface area (Å²) >= 11 is 0. The number of aliphatic hydroxyl groups is 1. The normalized spacial score (nSPS) is 27.7. The summed E-state index contributed by atoms with van der Waals surface area (Å²) in [6.07, 6.45) is 1.46. The van der Waals surface area contributed by atoms with Crippen molar-refractivity contribution in [1.29, 1.82) is 0 Å². The first-order valence-electron chi connectivity index (χ1n) is 5.73. The molecule has 0 amide bonds. The second kappa shape index (κ2) is 4.49. The van der Waals surface area contributed by atoms with Gasteiger partial charge in [-0.2, -0.15) is 0 Å². The van der Waals surface area contributed by atoms with Gasteiger partial charge in [0, 0.05) is 11.8 Å².